The Hall–Kier alpha value is -0.640. The summed E-state index contributed by atoms with van der Waals surface area (Å²) in [4.78, 5) is 2.45. The van der Waals surface area contributed by atoms with Crippen LogP contribution in [-0.2, 0) is 6.54 Å². The van der Waals surface area contributed by atoms with Crippen LogP contribution in [0.4, 0.5) is 4.39 Å². The summed E-state index contributed by atoms with van der Waals surface area (Å²) in [5.74, 6) is 1.07. The lowest BCUT2D eigenvalue weighted by Crippen LogP contribution is -2.43. The van der Waals surface area contributed by atoms with Gasteiger partial charge in [0.15, 0.2) is 0 Å². The van der Waals surface area contributed by atoms with Crippen LogP contribution in [0.5, 0.6) is 0 Å². The molecule has 0 saturated carbocycles. The molecule has 1 aromatic carbocycles. The number of nitrogens with zero attached hydrogens (tertiary/aromatic N) is 1. The van der Waals surface area contributed by atoms with Gasteiger partial charge in [-0.3, -0.25) is 4.90 Å². The van der Waals surface area contributed by atoms with Crippen molar-refractivity contribution in [1.29, 1.82) is 0 Å². The minimum absolute atomic E-state index is 0.143. The molecule has 0 amide bonds. The van der Waals surface area contributed by atoms with E-state index >= 15 is 0 Å². The molecule has 0 radical (unpaired) electrons. The molecule has 19 heavy (non-hydrogen) atoms. The molecular weight excluding hydrogens is 263 g/mol. The highest BCUT2D eigenvalue weighted by Gasteiger charge is 2.49. The number of fused-ring (bicyclic) bond motifs is 1. The lowest BCUT2D eigenvalue weighted by atomic mass is 9.85. The van der Waals surface area contributed by atoms with E-state index in [0.717, 1.165) is 31.7 Å². The number of likely N-dealkylation sites (tertiary alicyclic amines) is 1. The summed E-state index contributed by atoms with van der Waals surface area (Å²) in [6.45, 7) is 8.57. The second kappa shape index (κ2) is 4.72. The first kappa shape index (κ1) is 13.3. The minimum atomic E-state index is -0.321. The zero-order valence-corrected chi connectivity index (χ0v) is 12.2. The lowest BCUT2D eigenvalue weighted by Gasteiger charge is -2.35. The molecule has 2 unspecified atom stereocenters. The Morgan fingerprint density at radius 1 is 1.42 bits per heavy atom. The van der Waals surface area contributed by atoms with Crippen LogP contribution in [0.15, 0.2) is 18.2 Å². The molecule has 2 aliphatic heterocycles. The predicted molar refractivity (Wildman–Crippen MR) is 75.7 cm³/mol. The van der Waals surface area contributed by atoms with Crippen molar-refractivity contribution in [1.82, 2.24) is 10.2 Å². The molecule has 3 rings (SSSR count). The van der Waals surface area contributed by atoms with Gasteiger partial charge in [-0.15, -0.1) is 0 Å². The Kier molecular flexibility index (Phi) is 3.32. The Bertz CT molecular complexity index is 489. The van der Waals surface area contributed by atoms with Gasteiger partial charge in [0.25, 0.3) is 0 Å². The molecule has 2 nitrogen and oxygen atoms in total. The maximum absolute atomic E-state index is 13.5. The second-order valence-corrected chi connectivity index (χ2v) is 6.65. The van der Waals surface area contributed by atoms with Gasteiger partial charge in [0.2, 0.25) is 0 Å². The number of halogens is 2. The van der Waals surface area contributed by atoms with Crippen molar-refractivity contribution in [2.75, 3.05) is 19.6 Å². The fourth-order valence-electron chi connectivity index (χ4n) is 3.65. The van der Waals surface area contributed by atoms with Crippen molar-refractivity contribution in [3.63, 3.8) is 0 Å². The van der Waals surface area contributed by atoms with Gasteiger partial charge in [0.05, 0.1) is 5.02 Å². The summed E-state index contributed by atoms with van der Waals surface area (Å²) in [5.41, 5.74) is 1.03. The Balaban J connectivity index is 1.82. The molecule has 2 heterocycles. The topological polar surface area (TPSA) is 15.3 Å². The Labute approximate surface area is 118 Å². The zero-order valence-electron chi connectivity index (χ0n) is 11.4. The molecule has 0 aliphatic carbocycles. The molecule has 0 aromatic heterocycles. The number of nitrogens with one attached hydrogen (secondary N) is 1. The van der Waals surface area contributed by atoms with Crippen molar-refractivity contribution in [2.45, 2.75) is 25.9 Å². The average molecular weight is 283 g/mol. The van der Waals surface area contributed by atoms with Crippen molar-refractivity contribution >= 4 is 11.6 Å². The molecule has 4 heteroatoms. The van der Waals surface area contributed by atoms with Crippen LogP contribution >= 0.6 is 11.6 Å². The average Bonchev–Trinajstić information content (AvgIpc) is 2.90. The van der Waals surface area contributed by atoms with E-state index in [0.29, 0.717) is 11.8 Å². The summed E-state index contributed by atoms with van der Waals surface area (Å²) in [6.07, 6.45) is 0. The Morgan fingerprint density at radius 3 is 2.95 bits per heavy atom. The monoisotopic (exact) mass is 282 g/mol. The third-order valence-electron chi connectivity index (χ3n) is 4.91. The van der Waals surface area contributed by atoms with E-state index in [2.05, 4.69) is 24.1 Å². The summed E-state index contributed by atoms with van der Waals surface area (Å²) in [6, 6.07) is 5.08. The van der Waals surface area contributed by atoms with Gasteiger partial charge in [-0.1, -0.05) is 23.7 Å². The van der Waals surface area contributed by atoms with Crippen LogP contribution in [-0.4, -0.2) is 30.1 Å². The highest BCUT2D eigenvalue weighted by atomic mass is 35.5. The molecule has 2 aliphatic rings. The molecule has 0 bridgehead atoms. The van der Waals surface area contributed by atoms with Gasteiger partial charge in [0, 0.05) is 25.2 Å². The summed E-state index contributed by atoms with van der Waals surface area (Å²) in [5, 5.41) is 3.74. The van der Waals surface area contributed by atoms with Gasteiger partial charge in [-0.25, -0.2) is 4.39 Å². The fraction of sp³-hybridized carbons (Fsp3) is 0.600. The maximum atomic E-state index is 13.5. The highest BCUT2D eigenvalue weighted by molar-refractivity contribution is 6.31. The first-order chi connectivity index (χ1) is 9.00. The molecule has 104 valence electrons. The quantitative estimate of drug-likeness (QED) is 0.897. The number of rotatable bonds is 2. The standard InChI is InChI=1S/C15H20ClFN2/c1-15(2)12-7-18-6-11(12)9-19(15)8-10-4-3-5-13(17)14(10)16/h3-5,11-12,18H,6-9H2,1-2H3. The molecule has 0 spiro atoms. The van der Waals surface area contributed by atoms with Crippen molar-refractivity contribution in [3.05, 3.63) is 34.6 Å². The zero-order chi connectivity index (χ0) is 13.6. The van der Waals surface area contributed by atoms with Gasteiger partial charge >= 0.3 is 0 Å². The van der Waals surface area contributed by atoms with E-state index in [4.69, 9.17) is 11.6 Å². The summed E-state index contributed by atoms with van der Waals surface area (Å²) >= 11 is 6.07. The SMILES string of the molecule is CC1(C)C2CNCC2CN1Cc1cccc(F)c1Cl. The lowest BCUT2D eigenvalue weighted by molar-refractivity contribution is 0.132. The number of hydrogen-bond donors (Lipinski definition) is 1. The Morgan fingerprint density at radius 2 is 2.21 bits per heavy atom. The van der Waals surface area contributed by atoms with E-state index in [1.54, 1.807) is 6.07 Å². The molecule has 1 aromatic rings. The van der Waals surface area contributed by atoms with Crippen LogP contribution in [0.25, 0.3) is 0 Å². The summed E-state index contributed by atoms with van der Waals surface area (Å²) in [7, 11) is 0. The normalized spacial score (nSPS) is 29.7. The molecule has 2 saturated heterocycles. The van der Waals surface area contributed by atoms with Crippen LogP contribution in [0.3, 0.4) is 0 Å². The van der Waals surface area contributed by atoms with Gasteiger partial charge in [-0.05, 0) is 43.9 Å². The first-order valence-corrected chi connectivity index (χ1v) is 7.26. The molecule has 2 fully saturated rings. The van der Waals surface area contributed by atoms with Gasteiger partial charge < -0.3 is 5.32 Å². The first-order valence-electron chi connectivity index (χ1n) is 6.89. The van der Waals surface area contributed by atoms with Crippen LogP contribution in [0, 0.1) is 17.7 Å². The third kappa shape index (κ3) is 2.18. The van der Waals surface area contributed by atoms with Crippen LogP contribution in [0.1, 0.15) is 19.4 Å². The molecular formula is C15H20ClFN2. The molecule has 2 atom stereocenters. The molecule has 1 N–H and O–H groups in total. The van der Waals surface area contributed by atoms with Crippen LogP contribution in [0.2, 0.25) is 5.02 Å². The second-order valence-electron chi connectivity index (χ2n) is 6.27. The smallest absolute Gasteiger partial charge is 0.142 e. The van der Waals surface area contributed by atoms with Crippen molar-refractivity contribution in [2.24, 2.45) is 11.8 Å². The largest absolute Gasteiger partial charge is 0.316 e. The van der Waals surface area contributed by atoms with Crippen molar-refractivity contribution < 1.29 is 4.39 Å². The van der Waals surface area contributed by atoms with E-state index in [-0.39, 0.29) is 16.4 Å². The van der Waals surface area contributed by atoms with E-state index in [9.17, 15) is 4.39 Å². The van der Waals surface area contributed by atoms with E-state index < -0.39 is 0 Å². The van der Waals surface area contributed by atoms with Gasteiger partial charge in [0.1, 0.15) is 5.82 Å². The maximum Gasteiger partial charge on any atom is 0.142 e. The minimum Gasteiger partial charge on any atom is -0.316 e. The highest BCUT2D eigenvalue weighted by Crippen LogP contribution is 2.41. The predicted octanol–water partition coefficient (Wildman–Crippen LogP) is 2.91. The van der Waals surface area contributed by atoms with E-state index in [1.165, 1.54) is 6.07 Å². The number of benzene rings is 1. The fourth-order valence-corrected chi connectivity index (χ4v) is 3.83. The van der Waals surface area contributed by atoms with E-state index in [1.807, 2.05) is 6.07 Å². The summed E-state index contributed by atoms with van der Waals surface area (Å²) < 4.78 is 13.5. The third-order valence-corrected chi connectivity index (χ3v) is 5.33. The van der Waals surface area contributed by atoms with Crippen LogP contribution < -0.4 is 5.32 Å². The van der Waals surface area contributed by atoms with Gasteiger partial charge in [-0.2, -0.15) is 0 Å². The number of hydrogen-bond acceptors (Lipinski definition) is 2. The van der Waals surface area contributed by atoms with Crippen molar-refractivity contribution in [3.8, 4) is 0 Å².